The lowest BCUT2D eigenvalue weighted by atomic mass is 10.1. The maximum Gasteiger partial charge on any atom is 0.252 e. The van der Waals surface area contributed by atoms with Crippen LogP contribution in [0.4, 0.5) is 5.95 Å². The Labute approximate surface area is 120 Å². The van der Waals surface area contributed by atoms with E-state index in [9.17, 15) is 4.79 Å². The van der Waals surface area contributed by atoms with Crippen molar-refractivity contribution in [3.05, 3.63) is 0 Å². The number of hydrogen-bond acceptors (Lipinski definition) is 7. The summed E-state index contributed by atoms with van der Waals surface area (Å²) in [6, 6.07) is 0. The predicted octanol–water partition coefficient (Wildman–Crippen LogP) is 1.78. The third-order valence-electron chi connectivity index (χ3n) is 2.64. The highest BCUT2D eigenvalue weighted by Crippen LogP contribution is 2.18. The molecule has 2 heterocycles. The smallest absolute Gasteiger partial charge is 0.252 e. The molecule has 1 unspecified atom stereocenters. The fraction of sp³-hybridized carbons (Fsp3) is 0.727. The molecule has 106 valence electrons. The molecule has 1 aromatic rings. The van der Waals surface area contributed by atoms with E-state index in [4.69, 9.17) is 9.47 Å². The lowest BCUT2D eigenvalue weighted by Crippen LogP contribution is -2.27. The molecule has 1 N–H and O–H groups in total. The molecule has 1 aliphatic rings. The van der Waals surface area contributed by atoms with Gasteiger partial charge >= 0.3 is 0 Å². The van der Waals surface area contributed by atoms with Gasteiger partial charge in [-0.2, -0.15) is 9.36 Å². The Morgan fingerprint density at radius 3 is 3.21 bits per heavy atom. The van der Waals surface area contributed by atoms with Gasteiger partial charge in [-0.3, -0.25) is 10.1 Å². The number of aromatic nitrogens is 2. The molecule has 1 atom stereocenters. The Kier molecular flexibility index (Phi) is 6.02. The standard InChI is InChI=1S/C11H17N3O3S2/c1-18-11-13-10(14-19-11)12-9(15)7-16-6-8-4-2-3-5-17-8/h8H,2-7H2,1H3,(H,12,14,15). The second-order valence-corrected chi connectivity index (χ2v) is 5.95. The lowest BCUT2D eigenvalue weighted by Gasteiger charge is -2.22. The van der Waals surface area contributed by atoms with E-state index in [2.05, 4.69) is 14.7 Å². The molecule has 1 aliphatic heterocycles. The van der Waals surface area contributed by atoms with Crippen molar-refractivity contribution in [2.75, 3.05) is 31.4 Å². The maximum atomic E-state index is 11.6. The highest BCUT2D eigenvalue weighted by molar-refractivity contribution is 8.00. The second kappa shape index (κ2) is 7.78. The van der Waals surface area contributed by atoms with Crippen molar-refractivity contribution in [1.29, 1.82) is 0 Å². The maximum absolute atomic E-state index is 11.6. The van der Waals surface area contributed by atoms with Crippen molar-refractivity contribution >= 4 is 35.1 Å². The Morgan fingerprint density at radius 1 is 1.63 bits per heavy atom. The van der Waals surface area contributed by atoms with Gasteiger partial charge in [-0.25, -0.2) is 0 Å². The first-order valence-corrected chi connectivity index (χ1v) is 8.14. The molecule has 1 aromatic heterocycles. The van der Waals surface area contributed by atoms with Gasteiger partial charge in [-0.15, -0.1) is 0 Å². The van der Waals surface area contributed by atoms with Crippen molar-refractivity contribution in [3.8, 4) is 0 Å². The zero-order valence-electron chi connectivity index (χ0n) is 10.8. The number of nitrogens with zero attached hydrogens (tertiary/aromatic N) is 2. The topological polar surface area (TPSA) is 73.3 Å². The van der Waals surface area contributed by atoms with Crippen molar-refractivity contribution in [2.45, 2.75) is 29.7 Å². The fourth-order valence-corrected chi connectivity index (χ4v) is 2.69. The summed E-state index contributed by atoms with van der Waals surface area (Å²) < 4.78 is 15.7. The van der Waals surface area contributed by atoms with E-state index in [1.807, 2.05) is 6.26 Å². The largest absolute Gasteiger partial charge is 0.376 e. The number of rotatable bonds is 6. The molecule has 0 aromatic carbocycles. The molecule has 0 spiro atoms. The number of ether oxygens (including phenoxy) is 2. The second-order valence-electron chi connectivity index (χ2n) is 4.14. The summed E-state index contributed by atoms with van der Waals surface area (Å²) in [7, 11) is 0. The lowest BCUT2D eigenvalue weighted by molar-refractivity contribution is -0.122. The van der Waals surface area contributed by atoms with Crippen LogP contribution in [0.25, 0.3) is 0 Å². The Balaban J connectivity index is 1.63. The van der Waals surface area contributed by atoms with Gasteiger partial charge in [-0.1, -0.05) is 11.8 Å². The summed E-state index contributed by atoms with van der Waals surface area (Å²) in [5, 5.41) is 2.60. The van der Waals surface area contributed by atoms with Crippen molar-refractivity contribution in [3.63, 3.8) is 0 Å². The van der Waals surface area contributed by atoms with E-state index >= 15 is 0 Å². The van der Waals surface area contributed by atoms with Crippen LogP contribution >= 0.6 is 23.3 Å². The number of carbonyl (C=O) groups is 1. The van der Waals surface area contributed by atoms with Crippen LogP contribution in [0.3, 0.4) is 0 Å². The van der Waals surface area contributed by atoms with Gasteiger partial charge in [0.15, 0.2) is 4.34 Å². The fourth-order valence-electron chi connectivity index (χ4n) is 1.73. The molecular weight excluding hydrogens is 286 g/mol. The summed E-state index contributed by atoms with van der Waals surface area (Å²) >= 11 is 2.76. The zero-order chi connectivity index (χ0) is 13.5. The van der Waals surface area contributed by atoms with Gasteiger partial charge in [0.2, 0.25) is 5.95 Å². The highest BCUT2D eigenvalue weighted by Gasteiger charge is 2.15. The van der Waals surface area contributed by atoms with Crippen LogP contribution < -0.4 is 5.32 Å². The van der Waals surface area contributed by atoms with Crippen LogP contribution in [0.2, 0.25) is 0 Å². The quantitative estimate of drug-likeness (QED) is 0.808. The molecule has 0 radical (unpaired) electrons. The molecule has 1 saturated heterocycles. The van der Waals surface area contributed by atoms with Crippen LogP contribution in [0.1, 0.15) is 19.3 Å². The highest BCUT2D eigenvalue weighted by atomic mass is 32.2. The average Bonchev–Trinajstić information content (AvgIpc) is 2.87. The first-order valence-electron chi connectivity index (χ1n) is 6.15. The first-order chi connectivity index (χ1) is 9.28. The summed E-state index contributed by atoms with van der Waals surface area (Å²) in [4.78, 5) is 15.7. The van der Waals surface area contributed by atoms with Crippen LogP contribution in [0.5, 0.6) is 0 Å². The molecule has 6 nitrogen and oxygen atoms in total. The Hall–Kier alpha value is -0.700. The number of thioether (sulfide) groups is 1. The van der Waals surface area contributed by atoms with Gasteiger partial charge in [0.25, 0.3) is 5.91 Å². The predicted molar refractivity (Wildman–Crippen MR) is 74.7 cm³/mol. The van der Waals surface area contributed by atoms with Gasteiger partial charge in [-0.05, 0) is 37.1 Å². The van der Waals surface area contributed by atoms with E-state index in [-0.39, 0.29) is 18.6 Å². The molecule has 1 fully saturated rings. The Morgan fingerprint density at radius 2 is 2.53 bits per heavy atom. The molecule has 0 aliphatic carbocycles. The van der Waals surface area contributed by atoms with Crippen LogP contribution in [-0.4, -0.2) is 47.4 Å². The molecule has 0 bridgehead atoms. The normalized spacial score (nSPS) is 19.3. The van der Waals surface area contributed by atoms with Crippen LogP contribution in [0.15, 0.2) is 4.34 Å². The van der Waals surface area contributed by atoms with Crippen LogP contribution in [0, 0.1) is 0 Å². The number of carbonyl (C=O) groups excluding carboxylic acids is 1. The van der Waals surface area contributed by atoms with E-state index in [1.54, 1.807) is 0 Å². The zero-order valence-corrected chi connectivity index (χ0v) is 12.4. The summed E-state index contributed by atoms with van der Waals surface area (Å²) in [5.74, 6) is 0.109. The van der Waals surface area contributed by atoms with Crippen molar-refractivity contribution in [1.82, 2.24) is 9.36 Å². The van der Waals surface area contributed by atoms with Gasteiger partial charge in [0, 0.05) is 6.61 Å². The minimum Gasteiger partial charge on any atom is -0.376 e. The number of anilines is 1. The number of hydrogen-bond donors (Lipinski definition) is 1. The summed E-state index contributed by atoms with van der Waals surface area (Å²) in [5.41, 5.74) is 0. The van der Waals surface area contributed by atoms with E-state index < -0.39 is 0 Å². The minimum atomic E-state index is -0.235. The monoisotopic (exact) mass is 303 g/mol. The minimum absolute atomic E-state index is 0.00761. The average molecular weight is 303 g/mol. The molecule has 1 amide bonds. The van der Waals surface area contributed by atoms with Gasteiger partial charge < -0.3 is 9.47 Å². The third-order valence-corrected chi connectivity index (χ3v) is 4.32. The summed E-state index contributed by atoms with van der Waals surface area (Å²) in [6.45, 7) is 1.27. The molecule has 8 heteroatoms. The molecule has 19 heavy (non-hydrogen) atoms. The van der Waals surface area contributed by atoms with Crippen molar-refractivity contribution < 1.29 is 14.3 Å². The Bertz CT molecular complexity index is 408. The first kappa shape index (κ1) is 14.7. The molecule has 2 rings (SSSR count). The third kappa shape index (κ3) is 5.06. The number of amides is 1. The van der Waals surface area contributed by atoms with Crippen molar-refractivity contribution in [2.24, 2.45) is 0 Å². The molecular formula is C11H17N3O3S2. The van der Waals surface area contributed by atoms with E-state index in [0.717, 1.165) is 23.8 Å². The number of nitrogens with one attached hydrogen (secondary N) is 1. The molecule has 0 saturated carbocycles. The van der Waals surface area contributed by atoms with Gasteiger partial charge in [0.1, 0.15) is 6.61 Å². The van der Waals surface area contributed by atoms with E-state index in [0.29, 0.717) is 12.6 Å². The SMILES string of the molecule is CSc1nc(NC(=O)COCC2CCCCO2)ns1. The van der Waals surface area contributed by atoms with E-state index in [1.165, 1.54) is 29.7 Å². The van der Waals surface area contributed by atoms with Crippen LogP contribution in [-0.2, 0) is 14.3 Å². The van der Waals surface area contributed by atoms with Gasteiger partial charge in [0.05, 0.1) is 12.7 Å². The summed E-state index contributed by atoms with van der Waals surface area (Å²) in [6.07, 6.45) is 5.33.